The van der Waals surface area contributed by atoms with Gasteiger partial charge in [0.1, 0.15) is 11.5 Å². The lowest BCUT2D eigenvalue weighted by atomic mass is 10.2. The summed E-state index contributed by atoms with van der Waals surface area (Å²) in [6, 6.07) is 12.1. The topological polar surface area (TPSA) is 64.5 Å². The van der Waals surface area contributed by atoms with Crippen molar-refractivity contribution in [1.82, 2.24) is 15.0 Å². The van der Waals surface area contributed by atoms with Crippen molar-refractivity contribution in [2.75, 3.05) is 7.11 Å². The first-order valence-corrected chi connectivity index (χ1v) is 9.05. The predicted molar refractivity (Wildman–Crippen MR) is 96.5 cm³/mol. The molecule has 2 aromatic heterocycles. The molecular formula is C20H23N3O3. The number of aromatic nitrogens is 2. The van der Waals surface area contributed by atoms with Gasteiger partial charge in [0.05, 0.1) is 26.5 Å². The largest absolute Gasteiger partial charge is 0.497 e. The van der Waals surface area contributed by atoms with Crippen LogP contribution < -0.4 is 4.74 Å². The minimum atomic E-state index is 0.538. The molecule has 0 atom stereocenters. The normalized spacial score (nSPS) is 15.0. The number of ether oxygens (including phenoxy) is 1. The van der Waals surface area contributed by atoms with E-state index < -0.39 is 0 Å². The van der Waals surface area contributed by atoms with E-state index in [2.05, 4.69) is 15.0 Å². The molecule has 1 saturated carbocycles. The molecule has 1 fully saturated rings. The molecule has 136 valence electrons. The Morgan fingerprint density at radius 1 is 1.12 bits per heavy atom. The third kappa shape index (κ3) is 3.80. The average molecular weight is 353 g/mol. The van der Waals surface area contributed by atoms with Gasteiger partial charge in [-0.1, -0.05) is 18.0 Å². The summed E-state index contributed by atoms with van der Waals surface area (Å²) in [7, 11) is 1.65. The zero-order valence-electron chi connectivity index (χ0n) is 14.9. The minimum absolute atomic E-state index is 0.538. The molecule has 1 aliphatic carbocycles. The van der Waals surface area contributed by atoms with Crippen molar-refractivity contribution in [3.8, 4) is 17.1 Å². The van der Waals surface area contributed by atoms with Crippen LogP contribution in [0.2, 0.25) is 0 Å². The molecule has 2 heterocycles. The van der Waals surface area contributed by atoms with E-state index in [0.29, 0.717) is 24.3 Å². The Morgan fingerprint density at radius 2 is 1.92 bits per heavy atom. The second-order valence-corrected chi connectivity index (χ2v) is 6.66. The van der Waals surface area contributed by atoms with Gasteiger partial charge in [-0.25, -0.2) is 0 Å². The number of benzene rings is 1. The third-order valence-electron chi connectivity index (χ3n) is 4.93. The zero-order valence-corrected chi connectivity index (χ0v) is 14.9. The van der Waals surface area contributed by atoms with Crippen molar-refractivity contribution in [3.05, 3.63) is 54.3 Å². The summed E-state index contributed by atoms with van der Waals surface area (Å²) in [5.74, 6) is 3.01. The molecular weight excluding hydrogens is 330 g/mol. The molecule has 0 bridgehead atoms. The summed E-state index contributed by atoms with van der Waals surface area (Å²) in [4.78, 5) is 6.97. The van der Waals surface area contributed by atoms with Crippen molar-refractivity contribution in [2.24, 2.45) is 0 Å². The van der Waals surface area contributed by atoms with Crippen LogP contribution in [0.25, 0.3) is 11.4 Å². The van der Waals surface area contributed by atoms with E-state index in [0.717, 1.165) is 23.6 Å². The lowest BCUT2D eigenvalue weighted by molar-refractivity contribution is 0.146. The molecule has 0 amide bonds. The Bertz CT molecular complexity index is 805. The highest BCUT2D eigenvalue weighted by molar-refractivity contribution is 5.55. The predicted octanol–water partition coefficient (Wildman–Crippen LogP) is 4.28. The van der Waals surface area contributed by atoms with Gasteiger partial charge < -0.3 is 13.7 Å². The molecule has 6 heteroatoms. The van der Waals surface area contributed by atoms with Crippen LogP contribution >= 0.6 is 0 Å². The van der Waals surface area contributed by atoms with Crippen LogP contribution in [0.3, 0.4) is 0 Å². The van der Waals surface area contributed by atoms with Gasteiger partial charge in [-0.05, 0) is 49.2 Å². The fraction of sp³-hybridized carbons (Fsp3) is 0.400. The van der Waals surface area contributed by atoms with E-state index >= 15 is 0 Å². The minimum Gasteiger partial charge on any atom is -0.497 e. The highest BCUT2D eigenvalue weighted by atomic mass is 16.5. The number of furan rings is 1. The van der Waals surface area contributed by atoms with Crippen LogP contribution in [0.5, 0.6) is 5.75 Å². The molecule has 3 aromatic rings. The lowest BCUT2D eigenvalue weighted by Crippen LogP contribution is -2.32. The Morgan fingerprint density at radius 3 is 2.62 bits per heavy atom. The van der Waals surface area contributed by atoms with Crippen LogP contribution in [0, 0.1) is 0 Å². The maximum atomic E-state index is 5.54. The summed E-state index contributed by atoms with van der Waals surface area (Å²) < 4.78 is 16.2. The standard InChI is InChI=1S/C20H23N3O3/c1-24-17-10-8-15(9-11-17)20-21-19(26-22-20)14-23(16-5-2-3-6-16)13-18-7-4-12-25-18/h4,7-12,16H,2-3,5-6,13-14H2,1H3. The molecule has 6 nitrogen and oxygen atoms in total. The average Bonchev–Trinajstić information content (AvgIpc) is 3.43. The number of nitrogens with zero attached hydrogens (tertiary/aromatic N) is 3. The van der Waals surface area contributed by atoms with Crippen molar-refractivity contribution < 1.29 is 13.7 Å². The van der Waals surface area contributed by atoms with E-state index in [-0.39, 0.29) is 0 Å². The van der Waals surface area contributed by atoms with Crippen LogP contribution in [-0.2, 0) is 13.1 Å². The highest BCUT2D eigenvalue weighted by Gasteiger charge is 2.25. The molecule has 1 aromatic carbocycles. The first-order valence-electron chi connectivity index (χ1n) is 9.05. The van der Waals surface area contributed by atoms with Gasteiger partial charge in [-0.3, -0.25) is 4.90 Å². The van der Waals surface area contributed by atoms with Crippen LogP contribution in [0.15, 0.2) is 51.6 Å². The maximum absolute atomic E-state index is 5.54. The number of hydrogen-bond donors (Lipinski definition) is 0. The fourth-order valence-electron chi connectivity index (χ4n) is 3.54. The Hall–Kier alpha value is -2.60. The molecule has 1 aliphatic rings. The van der Waals surface area contributed by atoms with Gasteiger partial charge in [-0.15, -0.1) is 0 Å². The Kier molecular flexibility index (Phi) is 5.02. The van der Waals surface area contributed by atoms with Crippen LogP contribution in [0.4, 0.5) is 0 Å². The van der Waals surface area contributed by atoms with E-state index in [1.807, 2.05) is 36.4 Å². The van der Waals surface area contributed by atoms with Gasteiger partial charge in [0.2, 0.25) is 11.7 Å². The van der Waals surface area contributed by atoms with Gasteiger partial charge in [0.25, 0.3) is 0 Å². The SMILES string of the molecule is COc1ccc(-c2noc(CN(Cc3ccco3)C3CCCC3)n2)cc1. The van der Waals surface area contributed by atoms with Gasteiger partial charge in [-0.2, -0.15) is 4.98 Å². The van der Waals surface area contributed by atoms with Crippen molar-refractivity contribution in [3.63, 3.8) is 0 Å². The maximum Gasteiger partial charge on any atom is 0.241 e. The molecule has 0 aliphatic heterocycles. The molecule has 0 saturated heterocycles. The van der Waals surface area contributed by atoms with Crippen molar-refractivity contribution in [2.45, 2.75) is 44.8 Å². The number of hydrogen-bond acceptors (Lipinski definition) is 6. The first kappa shape index (κ1) is 16.8. The summed E-state index contributed by atoms with van der Waals surface area (Å²) >= 11 is 0. The van der Waals surface area contributed by atoms with Crippen LogP contribution in [-0.4, -0.2) is 28.2 Å². The second kappa shape index (κ2) is 7.74. The van der Waals surface area contributed by atoms with Crippen molar-refractivity contribution in [1.29, 1.82) is 0 Å². The number of methoxy groups -OCH3 is 1. The molecule has 0 spiro atoms. The van der Waals surface area contributed by atoms with E-state index in [4.69, 9.17) is 13.7 Å². The van der Waals surface area contributed by atoms with Gasteiger partial charge >= 0.3 is 0 Å². The summed E-state index contributed by atoms with van der Waals surface area (Å²) in [6.07, 6.45) is 6.69. The van der Waals surface area contributed by atoms with Gasteiger partial charge in [0, 0.05) is 11.6 Å². The molecule has 26 heavy (non-hydrogen) atoms. The zero-order chi connectivity index (χ0) is 17.8. The monoisotopic (exact) mass is 353 g/mol. The molecule has 0 radical (unpaired) electrons. The van der Waals surface area contributed by atoms with Crippen molar-refractivity contribution >= 4 is 0 Å². The lowest BCUT2D eigenvalue weighted by Gasteiger charge is -2.26. The summed E-state index contributed by atoms with van der Waals surface area (Å²) in [5.41, 5.74) is 0.916. The fourth-order valence-corrected chi connectivity index (χ4v) is 3.54. The Labute approximate surface area is 152 Å². The quantitative estimate of drug-likeness (QED) is 0.631. The summed E-state index contributed by atoms with van der Waals surface area (Å²) in [5, 5.41) is 4.14. The number of rotatable bonds is 7. The van der Waals surface area contributed by atoms with Gasteiger partial charge in [0.15, 0.2) is 0 Å². The first-order chi connectivity index (χ1) is 12.8. The van der Waals surface area contributed by atoms with E-state index in [1.54, 1.807) is 13.4 Å². The molecule has 0 N–H and O–H groups in total. The third-order valence-corrected chi connectivity index (χ3v) is 4.93. The van der Waals surface area contributed by atoms with E-state index in [9.17, 15) is 0 Å². The summed E-state index contributed by atoms with van der Waals surface area (Å²) in [6.45, 7) is 1.40. The highest BCUT2D eigenvalue weighted by Crippen LogP contribution is 2.27. The second-order valence-electron chi connectivity index (χ2n) is 6.66. The van der Waals surface area contributed by atoms with E-state index in [1.165, 1.54) is 25.7 Å². The smallest absolute Gasteiger partial charge is 0.241 e. The Balaban J connectivity index is 1.49. The molecule has 0 unspecified atom stereocenters. The van der Waals surface area contributed by atoms with Crippen LogP contribution in [0.1, 0.15) is 37.3 Å². The molecule has 4 rings (SSSR count).